The second-order valence-corrected chi connectivity index (χ2v) is 6.74. The molecule has 2 heteroatoms. The summed E-state index contributed by atoms with van der Waals surface area (Å²) in [7, 11) is 0. The molecule has 2 saturated heterocycles. The highest BCUT2D eigenvalue weighted by Crippen LogP contribution is 2.26. The van der Waals surface area contributed by atoms with Gasteiger partial charge in [0.15, 0.2) is 0 Å². The van der Waals surface area contributed by atoms with E-state index in [4.69, 9.17) is 0 Å². The first-order valence-electron chi connectivity index (χ1n) is 8.14. The minimum absolute atomic E-state index is 0.426. The number of aliphatic hydroxyl groups is 1. The fraction of sp³-hybridized carbons (Fsp3) is 1.00. The van der Waals surface area contributed by atoms with Crippen LogP contribution in [0.3, 0.4) is 0 Å². The van der Waals surface area contributed by atoms with Crippen molar-refractivity contribution in [3.63, 3.8) is 0 Å². The second kappa shape index (κ2) is 6.91. The van der Waals surface area contributed by atoms with E-state index in [2.05, 4.69) is 4.90 Å². The van der Waals surface area contributed by atoms with Gasteiger partial charge in [0, 0.05) is 12.6 Å². The molecule has 18 heavy (non-hydrogen) atoms. The zero-order valence-corrected chi connectivity index (χ0v) is 12.2. The molecular weight excluding hydrogens is 222 g/mol. The molecule has 2 heterocycles. The normalized spacial score (nSPS) is 37.3. The lowest BCUT2D eigenvalue weighted by atomic mass is 9.90. The van der Waals surface area contributed by atoms with Crippen LogP contribution >= 0.6 is 0 Å². The second-order valence-electron chi connectivity index (χ2n) is 6.74. The Hall–Kier alpha value is -0.0800. The van der Waals surface area contributed by atoms with Crippen LogP contribution < -0.4 is 0 Å². The van der Waals surface area contributed by atoms with Gasteiger partial charge in [0.2, 0.25) is 0 Å². The van der Waals surface area contributed by atoms with Crippen molar-refractivity contribution in [2.24, 2.45) is 0 Å². The van der Waals surface area contributed by atoms with Crippen LogP contribution in [0.5, 0.6) is 0 Å². The average molecular weight is 253 g/mol. The van der Waals surface area contributed by atoms with Crippen LogP contribution in [0.15, 0.2) is 0 Å². The molecule has 2 aliphatic heterocycles. The monoisotopic (exact) mass is 253 g/mol. The van der Waals surface area contributed by atoms with Gasteiger partial charge < -0.3 is 10.0 Å². The summed E-state index contributed by atoms with van der Waals surface area (Å²) in [5.74, 6) is 0. The van der Waals surface area contributed by atoms with Crippen LogP contribution in [0.2, 0.25) is 0 Å². The molecule has 2 rings (SSSR count). The van der Waals surface area contributed by atoms with E-state index in [1.165, 1.54) is 64.3 Å². The third-order valence-electron chi connectivity index (χ3n) is 4.94. The SMILES string of the molecule is CC1(O)CCCCCC2CCCCCCN2CC1. The smallest absolute Gasteiger partial charge is 0.0632 e. The Balaban J connectivity index is 1.96. The predicted octanol–water partition coefficient (Wildman–Crippen LogP) is 3.73. The van der Waals surface area contributed by atoms with Crippen molar-refractivity contribution in [2.45, 2.75) is 89.2 Å². The minimum atomic E-state index is -0.426. The standard InChI is InChI=1S/C16H31NO/c1-16(18)11-7-4-6-10-15-9-5-2-3-8-13-17(15)14-12-16/h15,18H,2-14H2,1H3. The van der Waals surface area contributed by atoms with Crippen molar-refractivity contribution in [2.75, 3.05) is 13.1 Å². The van der Waals surface area contributed by atoms with Gasteiger partial charge in [-0.25, -0.2) is 0 Å². The van der Waals surface area contributed by atoms with Crippen molar-refractivity contribution in [3.8, 4) is 0 Å². The maximum Gasteiger partial charge on any atom is 0.0632 e. The molecular formula is C16H31NO. The van der Waals surface area contributed by atoms with Gasteiger partial charge in [0.05, 0.1) is 5.60 Å². The van der Waals surface area contributed by atoms with Gasteiger partial charge in [-0.05, 0) is 45.6 Å². The highest BCUT2D eigenvalue weighted by atomic mass is 16.3. The number of fused-ring (bicyclic) bond motifs is 1. The number of hydrogen-bond acceptors (Lipinski definition) is 2. The lowest BCUT2D eigenvalue weighted by Crippen LogP contribution is -2.41. The van der Waals surface area contributed by atoms with E-state index in [1.54, 1.807) is 0 Å². The number of hydrogen-bond donors (Lipinski definition) is 1. The Morgan fingerprint density at radius 1 is 0.833 bits per heavy atom. The molecule has 0 radical (unpaired) electrons. The van der Waals surface area contributed by atoms with E-state index < -0.39 is 5.60 Å². The molecule has 0 aliphatic carbocycles. The van der Waals surface area contributed by atoms with E-state index in [0.717, 1.165) is 25.4 Å². The third-order valence-corrected chi connectivity index (χ3v) is 4.94. The molecule has 0 bridgehead atoms. The van der Waals surface area contributed by atoms with Gasteiger partial charge in [-0.1, -0.05) is 38.5 Å². The van der Waals surface area contributed by atoms with Crippen molar-refractivity contribution in [3.05, 3.63) is 0 Å². The highest BCUT2D eigenvalue weighted by molar-refractivity contribution is 4.81. The quantitative estimate of drug-likeness (QED) is 0.711. The molecule has 0 aromatic rings. The topological polar surface area (TPSA) is 23.5 Å². The summed E-state index contributed by atoms with van der Waals surface area (Å²) in [6.45, 7) is 4.41. The van der Waals surface area contributed by atoms with Gasteiger partial charge in [-0.2, -0.15) is 0 Å². The summed E-state index contributed by atoms with van der Waals surface area (Å²) < 4.78 is 0. The molecule has 0 spiro atoms. The zero-order chi connectivity index (χ0) is 12.8. The molecule has 0 saturated carbocycles. The summed E-state index contributed by atoms with van der Waals surface area (Å²) in [5, 5.41) is 10.4. The molecule has 1 N–H and O–H groups in total. The molecule has 2 nitrogen and oxygen atoms in total. The molecule has 2 unspecified atom stereocenters. The Kier molecular flexibility index (Phi) is 5.50. The zero-order valence-electron chi connectivity index (χ0n) is 12.2. The Morgan fingerprint density at radius 3 is 2.28 bits per heavy atom. The van der Waals surface area contributed by atoms with Gasteiger partial charge >= 0.3 is 0 Å². The van der Waals surface area contributed by atoms with Crippen molar-refractivity contribution in [1.82, 2.24) is 4.90 Å². The Labute approximate surface area is 113 Å². The van der Waals surface area contributed by atoms with Crippen LogP contribution in [0.4, 0.5) is 0 Å². The van der Waals surface area contributed by atoms with Crippen LogP contribution in [-0.4, -0.2) is 34.7 Å². The number of rotatable bonds is 0. The minimum Gasteiger partial charge on any atom is -0.390 e. The maximum absolute atomic E-state index is 10.4. The maximum atomic E-state index is 10.4. The molecule has 0 amide bonds. The fourth-order valence-corrected chi connectivity index (χ4v) is 3.61. The van der Waals surface area contributed by atoms with Crippen molar-refractivity contribution >= 4 is 0 Å². The van der Waals surface area contributed by atoms with E-state index in [0.29, 0.717) is 0 Å². The fourth-order valence-electron chi connectivity index (χ4n) is 3.61. The first-order valence-corrected chi connectivity index (χ1v) is 8.14. The first kappa shape index (κ1) is 14.3. The van der Waals surface area contributed by atoms with E-state index in [-0.39, 0.29) is 0 Å². The summed E-state index contributed by atoms with van der Waals surface area (Å²) in [6.07, 6.45) is 14.2. The van der Waals surface area contributed by atoms with E-state index in [1.807, 2.05) is 6.92 Å². The van der Waals surface area contributed by atoms with Crippen molar-refractivity contribution < 1.29 is 5.11 Å². The lowest BCUT2D eigenvalue weighted by Gasteiger charge is -2.37. The van der Waals surface area contributed by atoms with Crippen LogP contribution in [0.1, 0.15) is 77.6 Å². The summed E-state index contributed by atoms with van der Waals surface area (Å²) in [5.41, 5.74) is -0.426. The molecule has 2 atom stereocenters. The van der Waals surface area contributed by atoms with Gasteiger partial charge in [0.1, 0.15) is 0 Å². The first-order chi connectivity index (χ1) is 8.67. The van der Waals surface area contributed by atoms with Gasteiger partial charge in [-0.15, -0.1) is 0 Å². The molecule has 106 valence electrons. The molecule has 2 aliphatic rings. The van der Waals surface area contributed by atoms with Crippen LogP contribution in [0, 0.1) is 0 Å². The summed E-state index contributed by atoms with van der Waals surface area (Å²) >= 11 is 0. The Morgan fingerprint density at radius 2 is 1.50 bits per heavy atom. The predicted molar refractivity (Wildman–Crippen MR) is 76.8 cm³/mol. The largest absolute Gasteiger partial charge is 0.390 e. The third kappa shape index (κ3) is 4.55. The summed E-state index contributed by atoms with van der Waals surface area (Å²) in [6, 6.07) is 0.805. The molecule has 0 aromatic carbocycles. The lowest BCUT2D eigenvalue weighted by molar-refractivity contribution is 0.0172. The molecule has 0 aromatic heterocycles. The summed E-state index contributed by atoms with van der Waals surface area (Å²) in [4.78, 5) is 2.69. The molecule has 2 fully saturated rings. The van der Waals surface area contributed by atoms with E-state index in [9.17, 15) is 5.11 Å². The highest BCUT2D eigenvalue weighted by Gasteiger charge is 2.26. The Bertz CT molecular complexity index is 239. The van der Waals surface area contributed by atoms with Crippen LogP contribution in [-0.2, 0) is 0 Å². The number of nitrogens with zero attached hydrogens (tertiary/aromatic N) is 1. The van der Waals surface area contributed by atoms with Crippen LogP contribution in [0.25, 0.3) is 0 Å². The van der Waals surface area contributed by atoms with Crippen molar-refractivity contribution in [1.29, 1.82) is 0 Å². The average Bonchev–Trinajstić information content (AvgIpc) is 2.29. The van der Waals surface area contributed by atoms with Gasteiger partial charge in [-0.3, -0.25) is 0 Å². The van der Waals surface area contributed by atoms with E-state index >= 15 is 0 Å². The van der Waals surface area contributed by atoms with Gasteiger partial charge in [0.25, 0.3) is 0 Å².